The Balaban J connectivity index is 2.77. The summed E-state index contributed by atoms with van der Waals surface area (Å²) in [6.07, 6.45) is 2.40. The molecule has 0 saturated heterocycles. The first-order valence-electron chi connectivity index (χ1n) is 7.03. The van der Waals surface area contributed by atoms with Crippen LogP contribution in [0.2, 0.25) is 0 Å². The Hall–Kier alpha value is 0.130. The zero-order valence-electron chi connectivity index (χ0n) is 12.7. The van der Waals surface area contributed by atoms with Gasteiger partial charge in [-0.15, -0.1) is 23.2 Å². The van der Waals surface area contributed by atoms with E-state index in [4.69, 9.17) is 62.7 Å². The summed E-state index contributed by atoms with van der Waals surface area (Å²) in [5.74, 6) is -0.459. The van der Waals surface area contributed by atoms with Crippen molar-refractivity contribution in [3.05, 3.63) is 11.8 Å². The van der Waals surface area contributed by atoms with E-state index in [1.807, 2.05) is 6.92 Å². The summed E-state index contributed by atoms with van der Waals surface area (Å²) in [5.41, 5.74) is 0. The number of hydrogen-bond donors (Lipinski definition) is 0. The maximum atomic E-state index is 12.4. The maximum Gasteiger partial charge on any atom is 0.257 e. The number of carbonyl (C=O) groups excluding carboxylic acids is 2. The smallest absolute Gasteiger partial charge is 0.257 e. The lowest BCUT2D eigenvalue weighted by molar-refractivity contribution is -0.143. The molecule has 2 atom stereocenters. The summed E-state index contributed by atoms with van der Waals surface area (Å²) in [5, 5.41) is 0. The first-order valence-corrected chi connectivity index (χ1v) is 9.04. The van der Waals surface area contributed by atoms with E-state index in [-0.39, 0.29) is 24.7 Å². The van der Waals surface area contributed by atoms with Crippen molar-refractivity contribution in [3.63, 3.8) is 0 Å². The number of amides is 2. The van der Waals surface area contributed by atoms with Crippen LogP contribution in [-0.4, -0.2) is 38.5 Å². The van der Waals surface area contributed by atoms with Crippen LogP contribution in [0.3, 0.4) is 0 Å². The van der Waals surface area contributed by atoms with Crippen LogP contribution >= 0.6 is 58.0 Å². The van der Waals surface area contributed by atoms with Crippen LogP contribution in [0.1, 0.15) is 32.6 Å². The number of imide groups is 1. The van der Waals surface area contributed by atoms with Crippen LogP contribution in [-0.2, 0) is 14.3 Å². The van der Waals surface area contributed by atoms with Crippen molar-refractivity contribution in [1.82, 2.24) is 4.90 Å². The quantitative estimate of drug-likeness (QED) is 0.559. The predicted octanol–water partition coefficient (Wildman–Crippen LogP) is 4.62. The van der Waals surface area contributed by atoms with E-state index in [9.17, 15) is 9.59 Å². The molecular weight excluding hydrogens is 407 g/mol. The molecule has 0 saturated carbocycles. The fourth-order valence-corrected chi connectivity index (χ4v) is 2.90. The fraction of sp³-hybridized carbons (Fsp3) is 0.714. The second-order valence-electron chi connectivity index (χ2n) is 5.38. The second kappa shape index (κ2) is 9.00. The van der Waals surface area contributed by atoms with E-state index in [1.165, 1.54) is 18.1 Å². The Kier molecular flexibility index (Phi) is 8.29. The van der Waals surface area contributed by atoms with Crippen LogP contribution in [0, 0.1) is 5.92 Å². The van der Waals surface area contributed by atoms with Gasteiger partial charge in [-0.2, -0.15) is 0 Å². The Labute approximate surface area is 161 Å². The molecule has 1 rings (SSSR count). The van der Waals surface area contributed by atoms with Crippen LogP contribution in [0.4, 0.5) is 0 Å². The topological polar surface area (TPSA) is 46.6 Å². The third kappa shape index (κ3) is 6.50. The van der Waals surface area contributed by atoms with E-state index >= 15 is 0 Å². The molecule has 1 aliphatic rings. The molecule has 0 spiro atoms. The highest BCUT2D eigenvalue weighted by molar-refractivity contribution is 6.67. The monoisotopic (exact) mass is 423 g/mol. The van der Waals surface area contributed by atoms with Crippen LogP contribution in [0.15, 0.2) is 11.8 Å². The summed E-state index contributed by atoms with van der Waals surface area (Å²) in [6, 6.07) is -0.511. The summed E-state index contributed by atoms with van der Waals surface area (Å²) < 4.78 is 3.80. The van der Waals surface area contributed by atoms with Crippen molar-refractivity contribution in [2.45, 2.75) is 47.3 Å². The zero-order chi connectivity index (χ0) is 17.8. The first-order chi connectivity index (χ1) is 10.6. The van der Waals surface area contributed by atoms with Crippen molar-refractivity contribution in [2.24, 2.45) is 5.92 Å². The number of ether oxygens (including phenoxy) is 1. The molecule has 23 heavy (non-hydrogen) atoms. The molecule has 0 aromatic rings. The highest BCUT2D eigenvalue weighted by atomic mass is 35.6. The average molecular weight is 426 g/mol. The lowest BCUT2D eigenvalue weighted by Gasteiger charge is -2.27. The molecule has 1 aliphatic heterocycles. The molecule has 2 amide bonds. The molecule has 0 radical (unpaired) electrons. The molecule has 0 aromatic carbocycles. The van der Waals surface area contributed by atoms with Gasteiger partial charge in [0.05, 0.1) is 13.2 Å². The Morgan fingerprint density at radius 2 is 2.00 bits per heavy atom. The molecule has 0 bridgehead atoms. The molecule has 0 aromatic heterocycles. The third-order valence-electron chi connectivity index (χ3n) is 3.52. The van der Waals surface area contributed by atoms with Crippen LogP contribution in [0.5, 0.6) is 0 Å². The molecule has 0 aliphatic carbocycles. The van der Waals surface area contributed by atoms with Gasteiger partial charge in [-0.25, -0.2) is 0 Å². The standard InChI is InChI=1S/C14H18Cl5NO3/c1-8(13(15)16)6-9-10(23-2)7-12(22)20(9)11(21)4-3-5-14(17,18)19/h7-9,13H,3-6H2,1-2H3. The van der Waals surface area contributed by atoms with Crippen molar-refractivity contribution in [3.8, 4) is 0 Å². The Bertz CT molecular complexity index is 476. The predicted molar refractivity (Wildman–Crippen MR) is 94.1 cm³/mol. The summed E-state index contributed by atoms with van der Waals surface area (Å²) in [4.78, 5) is 25.1. The lowest BCUT2D eigenvalue weighted by Crippen LogP contribution is -2.42. The zero-order valence-corrected chi connectivity index (χ0v) is 16.5. The first kappa shape index (κ1) is 21.2. The van der Waals surface area contributed by atoms with E-state index in [0.29, 0.717) is 18.6 Å². The van der Waals surface area contributed by atoms with Crippen molar-refractivity contribution < 1.29 is 14.3 Å². The normalized spacial score (nSPS) is 20.0. The van der Waals surface area contributed by atoms with E-state index in [1.54, 1.807) is 0 Å². The minimum Gasteiger partial charge on any atom is -0.499 e. The van der Waals surface area contributed by atoms with Gasteiger partial charge in [0.15, 0.2) is 3.79 Å². The van der Waals surface area contributed by atoms with Gasteiger partial charge >= 0.3 is 0 Å². The lowest BCUT2D eigenvalue weighted by atomic mass is 10.0. The molecule has 1 heterocycles. The van der Waals surface area contributed by atoms with E-state index < -0.39 is 20.6 Å². The number of hydrogen-bond acceptors (Lipinski definition) is 3. The van der Waals surface area contributed by atoms with E-state index in [2.05, 4.69) is 0 Å². The average Bonchev–Trinajstić information content (AvgIpc) is 2.73. The minimum atomic E-state index is -1.41. The number of halogens is 5. The van der Waals surface area contributed by atoms with E-state index in [0.717, 1.165) is 0 Å². The third-order valence-corrected chi connectivity index (χ3v) is 4.95. The summed E-state index contributed by atoms with van der Waals surface area (Å²) in [7, 11) is 1.45. The van der Waals surface area contributed by atoms with Gasteiger partial charge in [-0.05, 0) is 25.2 Å². The van der Waals surface area contributed by atoms with Gasteiger partial charge in [-0.3, -0.25) is 14.5 Å². The summed E-state index contributed by atoms with van der Waals surface area (Å²) >= 11 is 28.7. The van der Waals surface area contributed by atoms with Crippen LogP contribution in [0.25, 0.3) is 0 Å². The summed E-state index contributed by atoms with van der Waals surface area (Å²) in [6.45, 7) is 1.84. The van der Waals surface area contributed by atoms with Crippen molar-refractivity contribution >= 4 is 69.8 Å². The molecular formula is C14H18Cl5NO3. The van der Waals surface area contributed by atoms with Gasteiger partial charge in [0.1, 0.15) is 10.6 Å². The highest BCUT2D eigenvalue weighted by Crippen LogP contribution is 2.33. The number of nitrogens with zero attached hydrogens (tertiary/aromatic N) is 1. The second-order valence-corrected chi connectivity index (χ2v) is 9.06. The van der Waals surface area contributed by atoms with Gasteiger partial charge in [-0.1, -0.05) is 41.7 Å². The maximum absolute atomic E-state index is 12.4. The highest BCUT2D eigenvalue weighted by Gasteiger charge is 2.39. The molecule has 2 unspecified atom stereocenters. The molecule has 9 heteroatoms. The molecule has 0 fully saturated rings. The number of methoxy groups -OCH3 is 1. The molecule has 0 N–H and O–H groups in total. The number of rotatable bonds is 7. The fourth-order valence-electron chi connectivity index (χ4n) is 2.30. The Morgan fingerprint density at radius 1 is 1.39 bits per heavy atom. The minimum absolute atomic E-state index is 0.0978. The SMILES string of the molecule is COC1=CC(=O)N(C(=O)CCCC(Cl)(Cl)Cl)C1CC(C)C(Cl)Cl. The van der Waals surface area contributed by atoms with Gasteiger partial charge in [0.2, 0.25) is 5.91 Å². The molecule has 4 nitrogen and oxygen atoms in total. The van der Waals surface area contributed by atoms with Crippen LogP contribution < -0.4 is 0 Å². The largest absolute Gasteiger partial charge is 0.499 e. The Morgan fingerprint density at radius 3 is 2.48 bits per heavy atom. The number of alkyl halides is 5. The van der Waals surface area contributed by atoms with Gasteiger partial charge in [0, 0.05) is 12.5 Å². The molecule has 132 valence electrons. The van der Waals surface area contributed by atoms with Crippen molar-refractivity contribution in [1.29, 1.82) is 0 Å². The van der Waals surface area contributed by atoms with Crippen molar-refractivity contribution in [2.75, 3.05) is 7.11 Å². The van der Waals surface area contributed by atoms with Gasteiger partial charge < -0.3 is 4.74 Å². The van der Waals surface area contributed by atoms with Gasteiger partial charge in [0.25, 0.3) is 5.91 Å². The number of carbonyl (C=O) groups is 2.